The van der Waals surface area contributed by atoms with Gasteiger partial charge in [-0.2, -0.15) is 0 Å². The van der Waals surface area contributed by atoms with Crippen LogP contribution in [0.3, 0.4) is 0 Å². The lowest BCUT2D eigenvalue weighted by molar-refractivity contribution is -0.141. The summed E-state index contributed by atoms with van der Waals surface area (Å²) in [6.45, 7) is 1.98. The third-order valence-electron chi connectivity index (χ3n) is 3.99. The standard InChI is InChI=1S/C15H18N2O3S2/c1-8-3-4-12(18)9(5-8)13-16-10(6-21-13)14-17(2)11(7-22-14)15(19)20/h3-5,10-11,14,18H,6-7H2,1-2H3,(H,19,20). The van der Waals surface area contributed by atoms with Crippen LogP contribution in [0, 0.1) is 6.92 Å². The molecule has 3 rings (SSSR count). The second-order valence-electron chi connectivity index (χ2n) is 5.58. The van der Waals surface area contributed by atoms with E-state index in [0.717, 1.165) is 21.9 Å². The fourth-order valence-corrected chi connectivity index (χ4v) is 5.49. The second-order valence-corrected chi connectivity index (χ2v) is 7.73. The summed E-state index contributed by atoms with van der Waals surface area (Å²) in [5.41, 5.74) is 1.85. The Bertz CT molecular complexity index is 635. The van der Waals surface area contributed by atoms with Crippen molar-refractivity contribution in [2.45, 2.75) is 24.4 Å². The zero-order chi connectivity index (χ0) is 15.9. The van der Waals surface area contributed by atoms with Crippen LogP contribution in [-0.2, 0) is 4.79 Å². The molecule has 22 heavy (non-hydrogen) atoms. The fraction of sp³-hybridized carbons (Fsp3) is 0.467. The van der Waals surface area contributed by atoms with Crippen molar-refractivity contribution in [1.82, 2.24) is 4.90 Å². The minimum atomic E-state index is -0.774. The number of carboxylic acids is 1. The van der Waals surface area contributed by atoms with E-state index in [1.807, 2.05) is 31.0 Å². The SMILES string of the molecule is Cc1ccc(O)c(C2=NC(C3SCC(C(=O)O)N3C)CS2)c1. The molecule has 3 unspecified atom stereocenters. The third kappa shape index (κ3) is 2.85. The number of aliphatic carboxylic acids is 1. The smallest absolute Gasteiger partial charge is 0.321 e. The Morgan fingerprint density at radius 2 is 2.18 bits per heavy atom. The van der Waals surface area contributed by atoms with E-state index in [1.54, 1.807) is 29.6 Å². The lowest BCUT2D eigenvalue weighted by Crippen LogP contribution is -2.42. The van der Waals surface area contributed by atoms with Crippen LogP contribution in [0.5, 0.6) is 5.75 Å². The molecule has 5 nitrogen and oxygen atoms in total. The molecule has 2 heterocycles. The maximum absolute atomic E-state index is 11.2. The van der Waals surface area contributed by atoms with Crippen molar-refractivity contribution in [3.63, 3.8) is 0 Å². The van der Waals surface area contributed by atoms with Gasteiger partial charge < -0.3 is 10.2 Å². The lowest BCUT2D eigenvalue weighted by Gasteiger charge is -2.24. The third-order valence-corrected chi connectivity index (χ3v) is 6.59. The molecule has 0 saturated carbocycles. The normalized spacial score (nSPS) is 28.8. The van der Waals surface area contributed by atoms with Gasteiger partial charge in [0, 0.05) is 17.1 Å². The fourth-order valence-electron chi connectivity index (χ4n) is 2.73. The van der Waals surface area contributed by atoms with Crippen LogP contribution in [0.2, 0.25) is 0 Å². The van der Waals surface area contributed by atoms with Crippen molar-refractivity contribution >= 4 is 34.5 Å². The van der Waals surface area contributed by atoms with Crippen molar-refractivity contribution in [2.24, 2.45) is 4.99 Å². The van der Waals surface area contributed by atoms with Gasteiger partial charge in [-0.05, 0) is 26.1 Å². The van der Waals surface area contributed by atoms with Gasteiger partial charge in [-0.3, -0.25) is 14.7 Å². The predicted molar refractivity (Wildman–Crippen MR) is 91.1 cm³/mol. The number of carbonyl (C=O) groups is 1. The van der Waals surface area contributed by atoms with E-state index < -0.39 is 12.0 Å². The Morgan fingerprint density at radius 3 is 2.86 bits per heavy atom. The molecule has 7 heteroatoms. The molecular weight excluding hydrogens is 320 g/mol. The molecule has 1 aromatic carbocycles. The maximum Gasteiger partial charge on any atom is 0.321 e. The van der Waals surface area contributed by atoms with Crippen LogP contribution in [-0.4, -0.2) is 62.1 Å². The summed E-state index contributed by atoms with van der Waals surface area (Å²) in [5.74, 6) is 0.881. The summed E-state index contributed by atoms with van der Waals surface area (Å²) < 4.78 is 0. The van der Waals surface area contributed by atoms with E-state index in [4.69, 9.17) is 4.99 Å². The van der Waals surface area contributed by atoms with E-state index >= 15 is 0 Å². The van der Waals surface area contributed by atoms with Crippen LogP contribution in [0.25, 0.3) is 0 Å². The van der Waals surface area contributed by atoms with Gasteiger partial charge in [-0.15, -0.1) is 23.5 Å². The molecule has 2 aliphatic rings. The number of likely N-dealkylation sites (N-methyl/N-ethyl adjacent to an activating group) is 1. The lowest BCUT2D eigenvalue weighted by atomic mass is 10.1. The van der Waals surface area contributed by atoms with Crippen LogP contribution in [0.1, 0.15) is 11.1 Å². The number of aryl methyl sites for hydroxylation is 1. The molecule has 0 radical (unpaired) electrons. The van der Waals surface area contributed by atoms with Gasteiger partial charge in [0.25, 0.3) is 0 Å². The number of rotatable bonds is 3. The first-order valence-corrected chi connectivity index (χ1v) is 9.07. The zero-order valence-corrected chi connectivity index (χ0v) is 14.0. The van der Waals surface area contributed by atoms with Gasteiger partial charge in [0.2, 0.25) is 0 Å². The van der Waals surface area contributed by atoms with Crippen LogP contribution < -0.4 is 0 Å². The molecule has 1 fully saturated rings. The van der Waals surface area contributed by atoms with E-state index in [-0.39, 0.29) is 17.2 Å². The number of thioether (sulfide) groups is 2. The molecule has 1 aromatic rings. The molecule has 118 valence electrons. The topological polar surface area (TPSA) is 73.1 Å². The molecular formula is C15H18N2O3S2. The number of aromatic hydroxyl groups is 1. The number of hydrogen-bond donors (Lipinski definition) is 2. The van der Waals surface area contributed by atoms with Crippen molar-refractivity contribution in [2.75, 3.05) is 18.6 Å². The van der Waals surface area contributed by atoms with E-state index in [2.05, 4.69) is 0 Å². The number of phenols is 1. The number of phenolic OH excluding ortho intramolecular Hbond substituents is 1. The molecule has 3 atom stereocenters. The van der Waals surface area contributed by atoms with Crippen LogP contribution >= 0.6 is 23.5 Å². The summed E-state index contributed by atoms with van der Waals surface area (Å²) in [7, 11) is 1.85. The summed E-state index contributed by atoms with van der Waals surface area (Å²) in [4.78, 5) is 17.9. The number of carboxylic acid groups (broad SMARTS) is 1. The van der Waals surface area contributed by atoms with Crippen molar-refractivity contribution in [1.29, 1.82) is 0 Å². The average Bonchev–Trinajstić information content (AvgIpc) is 3.07. The largest absolute Gasteiger partial charge is 0.507 e. The van der Waals surface area contributed by atoms with Crippen molar-refractivity contribution in [3.8, 4) is 5.75 Å². The zero-order valence-electron chi connectivity index (χ0n) is 12.4. The molecule has 2 N–H and O–H groups in total. The highest BCUT2D eigenvalue weighted by molar-refractivity contribution is 8.14. The van der Waals surface area contributed by atoms with Crippen molar-refractivity contribution < 1.29 is 15.0 Å². The van der Waals surface area contributed by atoms with Crippen molar-refractivity contribution in [3.05, 3.63) is 29.3 Å². The number of nitrogens with zero attached hydrogens (tertiary/aromatic N) is 2. The molecule has 0 aromatic heterocycles. The highest BCUT2D eigenvalue weighted by Crippen LogP contribution is 2.37. The number of hydrogen-bond acceptors (Lipinski definition) is 6. The molecule has 2 aliphatic heterocycles. The summed E-state index contributed by atoms with van der Waals surface area (Å²) in [6, 6.07) is 5.12. The molecule has 0 bridgehead atoms. The Morgan fingerprint density at radius 1 is 1.41 bits per heavy atom. The Labute approximate surface area is 137 Å². The van der Waals surface area contributed by atoms with Gasteiger partial charge in [0.15, 0.2) is 0 Å². The van der Waals surface area contributed by atoms with Gasteiger partial charge in [-0.1, -0.05) is 11.6 Å². The second kappa shape index (κ2) is 6.14. The minimum absolute atomic E-state index is 0.0549. The minimum Gasteiger partial charge on any atom is -0.507 e. The Balaban J connectivity index is 1.80. The number of aliphatic imine (C=N–C) groups is 1. The van der Waals surface area contributed by atoms with Gasteiger partial charge in [-0.25, -0.2) is 0 Å². The number of benzene rings is 1. The molecule has 0 amide bonds. The monoisotopic (exact) mass is 338 g/mol. The van der Waals surface area contributed by atoms with Gasteiger partial charge in [0.1, 0.15) is 16.8 Å². The van der Waals surface area contributed by atoms with Crippen LogP contribution in [0.15, 0.2) is 23.2 Å². The quantitative estimate of drug-likeness (QED) is 0.878. The first-order chi connectivity index (χ1) is 10.5. The molecule has 1 saturated heterocycles. The average molecular weight is 338 g/mol. The predicted octanol–water partition coefficient (Wildman–Crippen LogP) is 2.02. The summed E-state index contributed by atoms with van der Waals surface area (Å²) in [6.07, 6.45) is 0. The first kappa shape index (κ1) is 15.7. The van der Waals surface area contributed by atoms with Crippen LogP contribution in [0.4, 0.5) is 0 Å². The molecule has 0 aliphatic carbocycles. The highest BCUT2D eigenvalue weighted by atomic mass is 32.2. The van der Waals surface area contributed by atoms with Gasteiger partial charge in [0.05, 0.1) is 11.4 Å². The molecule has 0 spiro atoms. The maximum atomic E-state index is 11.2. The Kier molecular flexibility index (Phi) is 4.38. The van der Waals surface area contributed by atoms with E-state index in [0.29, 0.717) is 5.75 Å². The first-order valence-electron chi connectivity index (χ1n) is 7.04. The highest BCUT2D eigenvalue weighted by Gasteiger charge is 2.41. The summed E-state index contributed by atoms with van der Waals surface area (Å²) >= 11 is 3.28. The van der Waals surface area contributed by atoms with E-state index in [9.17, 15) is 15.0 Å². The Hall–Kier alpha value is -1.18. The van der Waals surface area contributed by atoms with E-state index in [1.165, 1.54) is 0 Å². The summed E-state index contributed by atoms with van der Waals surface area (Å²) in [5, 5.41) is 20.2. The van der Waals surface area contributed by atoms with Gasteiger partial charge >= 0.3 is 5.97 Å².